The van der Waals surface area contributed by atoms with Crippen LogP contribution in [0.3, 0.4) is 0 Å². The molecule has 0 bridgehead atoms. The van der Waals surface area contributed by atoms with Gasteiger partial charge in [-0.1, -0.05) is 23.7 Å². The van der Waals surface area contributed by atoms with Crippen LogP contribution in [0, 0.1) is 0 Å². The van der Waals surface area contributed by atoms with E-state index in [1.807, 2.05) is 12.1 Å². The highest BCUT2D eigenvalue weighted by Crippen LogP contribution is 2.30. The summed E-state index contributed by atoms with van der Waals surface area (Å²) >= 11 is 7.48. The Kier molecular flexibility index (Phi) is 5.03. The van der Waals surface area contributed by atoms with E-state index in [1.54, 1.807) is 0 Å². The predicted octanol–water partition coefficient (Wildman–Crippen LogP) is 4.73. The molecule has 0 saturated heterocycles. The first-order chi connectivity index (χ1) is 13.3. The molecule has 0 radical (unpaired) electrons. The van der Waals surface area contributed by atoms with Crippen molar-refractivity contribution in [3.8, 4) is 11.4 Å². The minimum Gasteiger partial charge on any atom is -0.306 e. The molecule has 0 fully saturated rings. The second kappa shape index (κ2) is 7.35. The first kappa shape index (κ1) is 19.2. The highest BCUT2D eigenvalue weighted by Gasteiger charge is 2.30. The number of H-pyrrole nitrogens is 1. The summed E-state index contributed by atoms with van der Waals surface area (Å²) in [5.74, 6) is 0.288. The summed E-state index contributed by atoms with van der Waals surface area (Å²) in [5.41, 5.74) is 0.752. The molecular formula is C19H15ClF3N3OS. The molecule has 3 aromatic rings. The molecule has 146 valence electrons. The molecule has 28 heavy (non-hydrogen) atoms. The lowest BCUT2D eigenvalue weighted by atomic mass is 10.1. The Balaban J connectivity index is 1.56. The molecule has 0 spiro atoms. The molecule has 3 heterocycles. The van der Waals surface area contributed by atoms with E-state index in [9.17, 15) is 18.0 Å². The standard InChI is InChI=1S/C19H15ClF3N3OS/c20-16-6-5-13(28-16)9-26-8-7-15-14(10-26)18(27)25-17(24-15)11-1-3-12(4-2-11)19(21,22)23/h1-6H,7-10H2,(H,24,25,27). The summed E-state index contributed by atoms with van der Waals surface area (Å²) in [4.78, 5) is 23.0. The number of halogens is 4. The average molecular weight is 426 g/mol. The van der Waals surface area contributed by atoms with Crippen LogP contribution in [0.15, 0.2) is 41.2 Å². The fourth-order valence-electron chi connectivity index (χ4n) is 3.23. The number of aromatic amines is 1. The van der Waals surface area contributed by atoms with Gasteiger partial charge >= 0.3 is 6.18 Å². The molecule has 1 N–H and O–H groups in total. The fraction of sp³-hybridized carbons (Fsp3) is 0.263. The second-order valence-corrected chi connectivity index (χ2v) is 8.38. The summed E-state index contributed by atoms with van der Waals surface area (Å²) in [6.07, 6.45) is -3.79. The lowest BCUT2D eigenvalue weighted by Gasteiger charge is -2.27. The SMILES string of the molecule is O=c1[nH]c(-c2ccc(C(F)(F)F)cc2)nc2c1CN(Cc1ccc(Cl)s1)CC2. The molecule has 0 atom stereocenters. The number of rotatable bonds is 3. The molecule has 4 nitrogen and oxygen atoms in total. The van der Waals surface area contributed by atoms with E-state index in [2.05, 4.69) is 14.9 Å². The Morgan fingerprint density at radius 3 is 2.57 bits per heavy atom. The van der Waals surface area contributed by atoms with Gasteiger partial charge in [0.2, 0.25) is 0 Å². The number of nitrogens with one attached hydrogen (secondary N) is 1. The van der Waals surface area contributed by atoms with Gasteiger partial charge in [-0.2, -0.15) is 13.2 Å². The molecule has 1 aliphatic heterocycles. The van der Waals surface area contributed by atoms with Crippen LogP contribution in [0.4, 0.5) is 13.2 Å². The van der Waals surface area contributed by atoms with Crippen molar-refractivity contribution in [3.63, 3.8) is 0 Å². The first-order valence-corrected chi connectivity index (χ1v) is 9.75. The maximum absolute atomic E-state index is 12.7. The normalized spacial score (nSPS) is 14.9. The van der Waals surface area contributed by atoms with Gasteiger partial charge in [-0.15, -0.1) is 11.3 Å². The number of aromatic nitrogens is 2. The summed E-state index contributed by atoms with van der Waals surface area (Å²) in [6.45, 7) is 1.92. The third-order valence-corrected chi connectivity index (χ3v) is 5.86. The molecular weight excluding hydrogens is 411 g/mol. The van der Waals surface area contributed by atoms with Crippen LogP contribution in [0.5, 0.6) is 0 Å². The van der Waals surface area contributed by atoms with Gasteiger partial charge in [0.15, 0.2) is 0 Å². The van der Waals surface area contributed by atoms with Crippen molar-refractivity contribution < 1.29 is 13.2 Å². The summed E-state index contributed by atoms with van der Waals surface area (Å²) in [6, 6.07) is 8.44. The van der Waals surface area contributed by atoms with Gasteiger partial charge in [-0.25, -0.2) is 4.98 Å². The first-order valence-electron chi connectivity index (χ1n) is 8.56. The van der Waals surface area contributed by atoms with E-state index in [0.29, 0.717) is 36.3 Å². The Morgan fingerprint density at radius 2 is 1.93 bits per heavy atom. The molecule has 2 aromatic heterocycles. The zero-order chi connectivity index (χ0) is 19.9. The predicted molar refractivity (Wildman–Crippen MR) is 102 cm³/mol. The van der Waals surface area contributed by atoms with Crippen molar-refractivity contribution in [1.29, 1.82) is 0 Å². The summed E-state index contributed by atoms with van der Waals surface area (Å²) in [7, 11) is 0. The van der Waals surface area contributed by atoms with Crippen molar-refractivity contribution in [2.75, 3.05) is 6.54 Å². The number of hydrogen-bond acceptors (Lipinski definition) is 4. The number of benzene rings is 1. The maximum atomic E-state index is 12.7. The van der Waals surface area contributed by atoms with E-state index in [1.165, 1.54) is 23.5 Å². The lowest BCUT2D eigenvalue weighted by Crippen LogP contribution is -2.35. The van der Waals surface area contributed by atoms with Crippen LogP contribution < -0.4 is 5.56 Å². The molecule has 0 amide bonds. The van der Waals surface area contributed by atoms with Gasteiger partial charge in [0.1, 0.15) is 5.82 Å². The molecule has 4 rings (SSSR count). The van der Waals surface area contributed by atoms with Crippen LogP contribution in [0.1, 0.15) is 21.7 Å². The van der Waals surface area contributed by atoms with Crippen LogP contribution in [0.2, 0.25) is 4.34 Å². The van der Waals surface area contributed by atoms with Crippen LogP contribution in [-0.4, -0.2) is 21.4 Å². The Bertz CT molecular complexity index is 1060. The Labute approximate surface area is 167 Å². The quantitative estimate of drug-likeness (QED) is 0.660. The molecule has 1 aliphatic rings. The highest BCUT2D eigenvalue weighted by molar-refractivity contribution is 7.16. The van der Waals surface area contributed by atoms with E-state index in [0.717, 1.165) is 27.9 Å². The number of alkyl halides is 3. The maximum Gasteiger partial charge on any atom is 0.416 e. The van der Waals surface area contributed by atoms with E-state index in [-0.39, 0.29) is 11.4 Å². The van der Waals surface area contributed by atoms with E-state index >= 15 is 0 Å². The fourth-order valence-corrected chi connectivity index (χ4v) is 4.36. The zero-order valence-electron chi connectivity index (χ0n) is 14.5. The van der Waals surface area contributed by atoms with Gasteiger partial charge in [-0.05, 0) is 24.3 Å². The smallest absolute Gasteiger partial charge is 0.306 e. The van der Waals surface area contributed by atoms with Gasteiger partial charge in [-0.3, -0.25) is 9.69 Å². The third kappa shape index (κ3) is 3.99. The molecule has 0 unspecified atom stereocenters. The van der Waals surface area contributed by atoms with Crippen molar-refractivity contribution in [2.45, 2.75) is 25.7 Å². The van der Waals surface area contributed by atoms with Crippen molar-refractivity contribution in [3.05, 3.63) is 72.8 Å². The minimum absolute atomic E-state index is 0.256. The van der Waals surface area contributed by atoms with Gasteiger partial charge < -0.3 is 4.98 Å². The Morgan fingerprint density at radius 1 is 1.18 bits per heavy atom. The van der Waals surface area contributed by atoms with Gasteiger partial charge in [0.05, 0.1) is 21.2 Å². The topological polar surface area (TPSA) is 49.0 Å². The number of nitrogens with zero attached hydrogens (tertiary/aromatic N) is 2. The lowest BCUT2D eigenvalue weighted by molar-refractivity contribution is -0.137. The molecule has 9 heteroatoms. The molecule has 1 aromatic carbocycles. The number of thiophene rings is 1. The third-order valence-electron chi connectivity index (χ3n) is 4.64. The van der Waals surface area contributed by atoms with Crippen LogP contribution in [0.25, 0.3) is 11.4 Å². The Hall–Kier alpha value is -2.16. The largest absolute Gasteiger partial charge is 0.416 e. The van der Waals surface area contributed by atoms with E-state index < -0.39 is 11.7 Å². The van der Waals surface area contributed by atoms with Crippen molar-refractivity contribution >= 4 is 22.9 Å². The zero-order valence-corrected chi connectivity index (χ0v) is 16.1. The number of fused-ring (bicyclic) bond motifs is 1. The van der Waals surface area contributed by atoms with Crippen molar-refractivity contribution in [2.24, 2.45) is 0 Å². The molecule has 0 saturated carbocycles. The van der Waals surface area contributed by atoms with E-state index in [4.69, 9.17) is 11.6 Å². The van der Waals surface area contributed by atoms with Crippen LogP contribution in [-0.2, 0) is 25.7 Å². The highest BCUT2D eigenvalue weighted by atomic mass is 35.5. The van der Waals surface area contributed by atoms with Gasteiger partial charge in [0, 0.05) is 36.5 Å². The summed E-state index contributed by atoms with van der Waals surface area (Å²) in [5, 5.41) is 0. The minimum atomic E-state index is -4.40. The van der Waals surface area contributed by atoms with Crippen molar-refractivity contribution in [1.82, 2.24) is 14.9 Å². The number of hydrogen-bond donors (Lipinski definition) is 1. The average Bonchev–Trinajstić information content (AvgIpc) is 3.06. The van der Waals surface area contributed by atoms with Crippen LogP contribution >= 0.6 is 22.9 Å². The molecule has 0 aliphatic carbocycles. The monoisotopic (exact) mass is 425 g/mol. The van der Waals surface area contributed by atoms with Gasteiger partial charge in [0.25, 0.3) is 5.56 Å². The summed E-state index contributed by atoms with van der Waals surface area (Å²) < 4.78 is 38.9. The second-order valence-electron chi connectivity index (χ2n) is 6.58.